The third-order valence-electron chi connectivity index (χ3n) is 5.17. The Hall–Kier alpha value is -2.38. The molecule has 9 N–H and O–H groups in total. The molecule has 13 heteroatoms. The van der Waals surface area contributed by atoms with Gasteiger partial charge in [-0.15, -0.1) is 0 Å². The number of hydrogen-bond acceptors (Lipinski definition) is 8. The van der Waals surface area contributed by atoms with E-state index in [0.29, 0.717) is 25.8 Å². The lowest BCUT2D eigenvalue weighted by atomic mass is 9.96. The predicted molar refractivity (Wildman–Crippen MR) is 124 cm³/mol. The van der Waals surface area contributed by atoms with E-state index in [0.717, 1.165) is 0 Å². The second-order valence-corrected chi connectivity index (χ2v) is 8.20. The Bertz CT molecular complexity index is 679. The van der Waals surface area contributed by atoms with Gasteiger partial charge in [-0.05, 0) is 38.1 Å². The first-order valence-corrected chi connectivity index (χ1v) is 11.5. The molecule has 0 rings (SSSR count). The van der Waals surface area contributed by atoms with Gasteiger partial charge in [0.25, 0.3) is 0 Å². The molecule has 0 aliphatic carbocycles. The first-order valence-electron chi connectivity index (χ1n) is 10.9. The zero-order valence-electron chi connectivity index (χ0n) is 19.1. The third kappa shape index (κ3) is 11.9. The second-order valence-electron chi connectivity index (χ2n) is 7.84. The van der Waals surface area contributed by atoms with Crippen LogP contribution in [0.2, 0.25) is 0 Å². The van der Waals surface area contributed by atoms with Gasteiger partial charge in [0.1, 0.15) is 18.1 Å². The van der Waals surface area contributed by atoms with E-state index in [9.17, 15) is 29.1 Å². The number of aliphatic carboxylic acids is 2. The van der Waals surface area contributed by atoms with Crippen LogP contribution in [0, 0.1) is 5.92 Å². The van der Waals surface area contributed by atoms with Gasteiger partial charge in [-0.2, -0.15) is 12.6 Å². The summed E-state index contributed by atoms with van der Waals surface area (Å²) in [5, 5.41) is 25.7. The van der Waals surface area contributed by atoms with Crippen molar-refractivity contribution in [3.63, 3.8) is 0 Å². The van der Waals surface area contributed by atoms with Gasteiger partial charge in [-0.1, -0.05) is 20.3 Å². The van der Waals surface area contributed by atoms with E-state index in [1.165, 1.54) is 0 Å². The van der Waals surface area contributed by atoms with Crippen molar-refractivity contribution in [2.45, 2.75) is 76.5 Å². The molecule has 0 saturated carbocycles. The van der Waals surface area contributed by atoms with Gasteiger partial charge in [0.15, 0.2) is 0 Å². The Morgan fingerprint density at radius 2 is 1.52 bits per heavy atom. The fourth-order valence-electron chi connectivity index (χ4n) is 2.87. The van der Waals surface area contributed by atoms with Crippen LogP contribution in [0.5, 0.6) is 0 Å². The normalized spacial score (nSPS) is 15.4. The summed E-state index contributed by atoms with van der Waals surface area (Å²) >= 11 is 3.93. The molecule has 0 aromatic rings. The molecule has 0 aliphatic heterocycles. The first-order chi connectivity index (χ1) is 15.5. The van der Waals surface area contributed by atoms with Crippen molar-refractivity contribution < 1.29 is 34.2 Å². The fraction of sp³-hybridized carbons (Fsp3) is 0.750. The number of rotatable bonds is 17. The van der Waals surface area contributed by atoms with Gasteiger partial charge < -0.3 is 37.6 Å². The Balaban J connectivity index is 5.50. The number of carboxylic acid groups (broad SMARTS) is 2. The molecule has 0 aromatic heterocycles. The molecule has 190 valence electrons. The highest BCUT2D eigenvalue weighted by atomic mass is 32.1. The lowest BCUT2D eigenvalue weighted by Gasteiger charge is -2.28. The van der Waals surface area contributed by atoms with Crippen molar-refractivity contribution in [2.75, 3.05) is 12.3 Å². The summed E-state index contributed by atoms with van der Waals surface area (Å²) in [5.74, 6) is -4.88. The summed E-state index contributed by atoms with van der Waals surface area (Å²) < 4.78 is 0. The number of carbonyl (C=O) groups excluding carboxylic acids is 3. The van der Waals surface area contributed by atoms with Crippen molar-refractivity contribution in [1.29, 1.82) is 0 Å². The summed E-state index contributed by atoms with van der Waals surface area (Å²) in [6.45, 7) is 3.89. The maximum absolute atomic E-state index is 12.9. The third-order valence-corrected chi connectivity index (χ3v) is 5.56. The highest BCUT2D eigenvalue weighted by molar-refractivity contribution is 7.80. The minimum Gasteiger partial charge on any atom is -0.481 e. The number of amides is 3. The van der Waals surface area contributed by atoms with Crippen LogP contribution in [0.25, 0.3) is 0 Å². The molecule has 3 amide bonds. The number of carboxylic acids is 2. The van der Waals surface area contributed by atoms with E-state index in [1.807, 2.05) is 0 Å². The van der Waals surface area contributed by atoms with Crippen LogP contribution in [-0.4, -0.2) is 76.3 Å². The summed E-state index contributed by atoms with van der Waals surface area (Å²) in [7, 11) is 0. The number of hydrogen-bond donors (Lipinski definition) is 8. The minimum absolute atomic E-state index is 0.0116. The van der Waals surface area contributed by atoms with Crippen molar-refractivity contribution in [2.24, 2.45) is 17.4 Å². The average Bonchev–Trinajstić information content (AvgIpc) is 2.77. The number of unbranched alkanes of at least 4 members (excludes halogenated alkanes) is 1. The Morgan fingerprint density at radius 3 is 2.00 bits per heavy atom. The predicted octanol–water partition coefficient (Wildman–Crippen LogP) is -1.18. The largest absolute Gasteiger partial charge is 0.481 e. The summed E-state index contributed by atoms with van der Waals surface area (Å²) in [6.07, 6.45) is 1.14. The van der Waals surface area contributed by atoms with Crippen molar-refractivity contribution >= 4 is 42.3 Å². The van der Waals surface area contributed by atoms with E-state index in [-0.39, 0.29) is 24.5 Å². The first kappa shape index (κ1) is 30.6. The highest BCUT2D eigenvalue weighted by Crippen LogP contribution is 2.11. The van der Waals surface area contributed by atoms with Crippen molar-refractivity contribution in [3.8, 4) is 0 Å². The Labute approximate surface area is 199 Å². The molecule has 5 unspecified atom stereocenters. The van der Waals surface area contributed by atoms with Gasteiger partial charge in [0.2, 0.25) is 17.7 Å². The van der Waals surface area contributed by atoms with Crippen LogP contribution >= 0.6 is 12.6 Å². The summed E-state index contributed by atoms with van der Waals surface area (Å²) in [5.41, 5.74) is 11.0. The van der Waals surface area contributed by atoms with Crippen molar-refractivity contribution in [3.05, 3.63) is 0 Å². The van der Waals surface area contributed by atoms with Gasteiger partial charge in [0.05, 0.1) is 6.04 Å². The lowest BCUT2D eigenvalue weighted by Crippen LogP contribution is -2.58. The minimum atomic E-state index is -1.25. The Kier molecular flexibility index (Phi) is 15.1. The standard InChI is InChI=1S/C20H37N5O7S/c1-3-11(2)16(19(30)24-14(20(31)32)6-4-5-9-21)25-18(29)13(7-8-15(26)27)23-17(28)12(22)10-33/h11-14,16,33H,3-10,21-22H2,1-2H3,(H,23,28)(H,24,30)(H,25,29)(H,26,27)(H,31,32). The van der Waals surface area contributed by atoms with E-state index < -0.39 is 60.2 Å². The smallest absolute Gasteiger partial charge is 0.326 e. The van der Waals surface area contributed by atoms with Crippen LogP contribution in [-0.2, 0) is 24.0 Å². The summed E-state index contributed by atoms with van der Waals surface area (Å²) in [4.78, 5) is 60.4. The maximum Gasteiger partial charge on any atom is 0.326 e. The van der Waals surface area contributed by atoms with Crippen molar-refractivity contribution in [1.82, 2.24) is 16.0 Å². The monoisotopic (exact) mass is 491 g/mol. The fourth-order valence-corrected chi connectivity index (χ4v) is 3.03. The molecule has 12 nitrogen and oxygen atoms in total. The average molecular weight is 492 g/mol. The zero-order chi connectivity index (χ0) is 25.6. The Morgan fingerprint density at radius 1 is 0.909 bits per heavy atom. The van der Waals surface area contributed by atoms with Gasteiger partial charge in [0, 0.05) is 12.2 Å². The molecule has 0 aromatic carbocycles. The van der Waals surface area contributed by atoms with Crippen LogP contribution in [0.1, 0.15) is 52.4 Å². The van der Waals surface area contributed by atoms with Gasteiger partial charge in [-0.3, -0.25) is 19.2 Å². The topological polar surface area (TPSA) is 214 Å². The molecule has 0 aliphatic rings. The molecular weight excluding hydrogens is 454 g/mol. The van der Waals surface area contributed by atoms with Crippen LogP contribution in [0.15, 0.2) is 0 Å². The van der Waals surface area contributed by atoms with Crippen LogP contribution in [0.4, 0.5) is 0 Å². The summed E-state index contributed by atoms with van der Waals surface area (Å²) in [6, 6.07) is -4.50. The molecular formula is C20H37N5O7S. The van der Waals surface area contributed by atoms with Crippen LogP contribution in [0.3, 0.4) is 0 Å². The van der Waals surface area contributed by atoms with Crippen LogP contribution < -0.4 is 27.4 Å². The SMILES string of the molecule is CCC(C)C(NC(=O)C(CCC(=O)O)NC(=O)C(N)CS)C(=O)NC(CCCCN)C(=O)O. The molecule has 0 heterocycles. The number of thiol groups is 1. The van der Waals surface area contributed by atoms with E-state index in [4.69, 9.17) is 16.6 Å². The van der Waals surface area contributed by atoms with E-state index >= 15 is 0 Å². The maximum atomic E-state index is 12.9. The molecule has 0 radical (unpaired) electrons. The molecule has 0 saturated heterocycles. The number of carbonyl (C=O) groups is 5. The number of nitrogens with two attached hydrogens (primary N) is 2. The molecule has 5 atom stereocenters. The molecule has 0 spiro atoms. The molecule has 0 fully saturated rings. The quantitative estimate of drug-likeness (QED) is 0.0906. The highest BCUT2D eigenvalue weighted by Gasteiger charge is 2.32. The van der Waals surface area contributed by atoms with E-state index in [2.05, 4.69) is 28.6 Å². The zero-order valence-corrected chi connectivity index (χ0v) is 20.0. The number of nitrogens with one attached hydrogen (secondary N) is 3. The van der Waals surface area contributed by atoms with E-state index in [1.54, 1.807) is 13.8 Å². The lowest BCUT2D eigenvalue weighted by molar-refractivity contribution is -0.143. The van der Waals surface area contributed by atoms with Gasteiger partial charge >= 0.3 is 11.9 Å². The molecule has 0 bridgehead atoms. The molecule has 33 heavy (non-hydrogen) atoms. The van der Waals surface area contributed by atoms with Gasteiger partial charge in [-0.25, -0.2) is 4.79 Å². The second kappa shape index (κ2) is 16.3.